The number of hydrogen-bond donors (Lipinski definition) is 0. The molecule has 0 saturated heterocycles. The second-order valence-corrected chi connectivity index (χ2v) is 6.55. The molecule has 1 aromatic rings. The molecule has 3 atom stereocenters. The predicted molar refractivity (Wildman–Crippen MR) is 88.3 cm³/mol. The van der Waals surface area contributed by atoms with Crippen molar-refractivity contribution in [3.05, 3.63) is 30.3 Å². The highest BCUT2D eigenvalue weighted by Crippen LogP contribution is 2.23. The summed E-state index contributed by atoms with van der Waals surface area (Å²) in [6.45, 7) is 1.91. The van der Waals surface area contributed by atoms with Crippen LogP contribution in [0.4, 0.5) is 8.78 Å². The van der Waals surface area contributed by atoms with Gasteiger partial charge in [-0.1, -0.05) is 73.4 Å². The molecular formula is C16H23F2IO. The third-order valence-corrected chi connectivity index (χ3v) is 4.49. The van der Waals surface area contributed by atoms with Crippen molar-refractivity contribution in [3.8, 4) is 5.75 Å². The van der Waals surface area contributed by atoms with Gasteiger partial charge in [-0.05, 0) is 18.6 Å². The Bertz CT molecular complexity index is 348. The molecule has 20 heavy (non-hydrogen) atoms. The van der Waals surface area contributed by atoms with Gasteiger partial charge in [-0.15, -0.1) is 0 Å². The summed E-state index contributed by atoms with van der Waals surface area (Å²) in [4.78, 5) is 0. The van der Waals surface area contributed by atoms with Gasteiger partial charge in [0.1, 0.15) is 18.5 Å². The summed E-state index contributed by atoms with van der Waals surface area (Å²) < 4.78 is 32.7. The molecule has 0 radical (unpaired) electrons. The molecule has 0 amide bonds. The molecule has 0 saturated carbocycles. The average Bonchev–Trinajstić information content (AvgIpc) is 2.49. The summed E-state index contributed by atoms with van der Waals surface area (Å²) in [5.41, 5.74) is 0. The van der Waals surface area contributed by atoms with Gasteiger partial charge in [-0.25, -0.2) is 8.78 Å². The van der Waals surface area contributed by atoms with Crippen LogP contribution in [0.2, 0.25) is 0 Å². The first-order chi connectivity index (χ1) is 9.65. The van der Waals surface area contributed by atoms with Crippen molar-refractivity contribution in [2.24, 2.45) is 0 Å². The van der Waals surface area contributed by atoms with Crippen LogP contribution in [0.3, 0.4) is 0 Å². The molecule has 0 aliphatic heterocycles. The predicted octanol–water partition coefficient (Wildman–Crippen LogP) is 5.52. The summed E-state index contributed by atoms with van der Waals surface area (Å²) in [6.07, 6.45) is 2.09. The maximum Gasteiger partial charge on any atom is 0.166 e. The zero-order chi connectivity index (χ0) is 14.8. The Labute approximate surface area is 134 Å². The van der Waals surface area contributed by atoms with Gasteiger partial charge in [0, 0.05) is 3.92 Å². The smallest absolute Gasteiger partial charge is 0.166 e. The van der Waals surface area contributed by atoms with Crippen LogP contribution < -0.4 is 4.74 Å². The molecule has 0 bridgehead atoms. The number of alkyl halides is 3. The van der Waals surface area contributed by atoms with Gasteiger partial charge in [0.05, 0.1) is 0 Å². The molecule has 0 N–H and O–H groups in total. The number of hydrogen-bond acceptors (Lipinski definition) is 1. The van der Waals surface area contributed by atoms with Crippen LogP contribution in [-0.4, -0.2) is 22.9 Å². The molecule has 1 rings (SSSR count). The highest BCUT2D eigenvalue weighted by Gasteiger charge is 2.28. The van der Waals surface area contributed by atoms with Crippen LogP contribution in [0.25, 0.3) is 0 Å². The molecule has 0 fully saturated rings. The molecule has 0 aliphatic rings. The fraction of sp³-hybridized carbons (Fsp3) is 0.625. The number of para-hydroxylation sites is 1. The Morgan fingerprint density at radius 3 is 2.45 bits per heavy atom. The van der Waals surface area contributed by atoms with E-state index in [2.05, 4.69) is 6.92 Å². The normalized spacial score (nSPS) is 15.6. The number of unbranched alkanes of at least 4 members (excludes halogenated alkanes) is 3. The standard InChI is InChI=1S/C16H23F2IO/c1-2-3-4-8-11-15(19)16(18)14(17)12-20-13-9-6-5-7-10-13/h5-7,9-10,14-16H,2-4,8,11-12H2,1H3. The second kappa shape index (κ2) is 10.4. The largest absolute Gasteiger partial charge is 0.490 e. The van der Waals surface area contributed by atoms with Crippen LogP contribution in [0.5, 0.6) is 5.75 Å². The van der Waals surface area contributed by atoms with E-state index in [1.54, 1.807) is 12.1 Å². The van der Waals surface area contributed by atoms with Gasteiger partial charge in [0.2, 0.25) is 0 Å². The van der Waals surface area contributed by atoms with Crippen LogP contribution >= 0.6 is 22.6 Å². The highest BCUT2D eigenvalue weighted by molar-refractivity contribution is 14.1. The van der Waals surface area contributed by atoms with Crippen LogP contribution in [0.1, 0.15) is 39.0 Å². The van der Waals surface area contributed by atoms with E-state index in [0.717, 1.165) is 32.1 Å². The second-order valence-electron chi connectivity index (χ2n) is 4.95. The molecule has 1 nitrogen and oxygen atoms in total. The lowest BCUT2D eigenvalue weighted by molar-refractivity contribution is 0.108. The van der Waals surface area contributed by atoms with Gasteiger partial charge >= 0.3 is 0 Å². The van der Waals surface area contributed by atoms with E-state index in [4.69, 9.17) is 4.74 Å². The average molecular weight is 396 g/mol. The SMILES string of the molecule is CCCCCCC(I)C(F)C(F)COc1ccccc1. The van der Waals surface area contributed by atoms with E-state index < -0.39 is 12.3 Å². The van der Waals surface area contributed by atoms with Crippen molar-refractivity contribution in [1.29, 1.82) is 0 Å². The Morgan fingerprint density at radius 2 is 1.80 bits per heavy atom. The van der Waals surface area contributed by atoms with Crippen LogP contribution in [0, 0.1) is 0 Å². The van der Waals surface area contributed by atoms with E-state index in [1.165, 1.54) is 0 Å². The third kappa shape index (κ3) is 6.86. The Hall–Kier alpha value is -0.390. The zero-order valence-electron chi connectivity index (χ0n) is 11.9. The van der Waals surface area contributed by atoms with Crippen LogP contribution in [0.15, 0.2) is 30.3 Å². The summed E-state index contributed by atoms with van der Waals surface area (Å²) >= 11 is 2.02. The van der Waals surface area contributed by atoms with E-state index in [0.29, 0.717) is 5.75 Å². The van der Waals surface area contributed by atoms with Crippen molar-refractivity contribution < 1.29 is 13.5 Å². The molecule has 0 spiro atoms. The summed E-state index contributed by atoms with van der Waals surface area (Å²) in [5.74, 6) is 0.579. The molecular weight excluding hydrogens is 373 g/mol. The first-order valence-electron chi connectivity index (χ1n) is 7.25. The lowest BCUT2D eigenvalue weighted by Crippen LogP contribution is -2.31. The zero-order valence-corrected chi connectivity index (χ0v) is 14.1. The maximum atomic E-state index is 13.9. The van der Waals surface area contributed by atoms with Crippen LogP contribution in [-0.2, 0) is 0 Å². The van der Waals surface area contributed by atoms with Crippen molar-refractivity contribution in [3.63, 3.8) is 0 Å². The molecule has 0 aromatic heterocycles. The minimum absolute atomic E-state index is 0.223. The fourth-order valence-corrected chi connectivity index (χ4v) is 2.83. The van der Waals surface area contributed by atoms with E-state index >= 15 is 0 Å². The maximum absolute atomic E-state index is 13.9. The van der Waals surface area contributed by atoms with E-state index in [1.807, 2.05) is 40.8 Å². The van der Waals surface area contributed by atoms with Gasteiger partial charge < -0.3 is 4.74 Å². The third-order valence-electron chi connectivity index (χ3n) is 3.18. The van der Waals surface area contributed by atoms with Gasteiger partial charge in [0.15, 0.2) is 6.17 Å². The number of halogens is 3. The van der Waals surface area contributed by atoms with E-state index in [-0.39, 0.29) is 10.5 Å². The first-order valence-corrected chi connectivity index (χ1v) is 8.49. The fourth-order valence-electron chi connectivity index (χ4n) is 1.94. The molecule has 0 heterocycles. The number of ether oxygens (including phenoxy) is 1. The molecule has 1 aromatic carbocycles. The van der Waals surface area contributed by atoms with Crippen molar-refractivity contribution in [2.45, 2.75) is 55.3 Å². The van der Waals surface area contributed by atoms with Gasteiger partial charge in [-0.2, -0.15) is 0 Å². The number of benzene rings is 1. The summed E-state index contributed by atoms with van der Waals surface area (Å²) in [6, 6.07) is 8.96. The quantitative estimate of drug-likeness (QED) is 0.288. The Balaban J connectivity index is 2.25. The lowest BCUT2D eigenvalue weighted by Gasteiger charge is -2.19. The molecule has 114 valence electrons. The van der Waals surface area contributed by atoms with Crippen molar-refractivity contribution >= 4 is 22.6 Å². The number of rotatable bonds is 10. The van der Waals surface area contributed by atoms with Crippen molar-refractivity contribution in [2.75, 3.05) is 6.61 Å². The van der Waals surface area contributed by atoms with Gasteiger partial charge in [0.25, 0.3) is 0 Å². The van der Waals surface area contributed by atoms with E-state index in [9.17, 15) is 8.78 Å². The van der Waals surface area contributed by atoms with Crippen molar-refractivity contribution in [1.82, 2.24) is 0 Å². The summed E-state index contributed by atoms with van der Waals surface area (Å²) in [7, 11) is 0. The molecule has 4 heteroatoms. The summed E-state index contributed by atoms with van der Waals surface area (Å²) in [5, 5.41) is 0. The van der Waals surface area contributed by atoms with Gasteiger partial charge in [-0.3, -0.25) is 0 Å². The monoisotopic (exact) mass is 396 g/mol. The first kappa shape index (κ1) is 17.7. The molecule has 0 aliphatic carbocycles. The molecule has 3 unspecified atom stereocenters. The Morgan fingerprint density at radius 1 is 1.10 bits per heavy atom. The topological polar surface area (TPSA) is 9.23 Å². The lowest BCUT2D eigenvalue weighted by atomic mass is 10.1. The minimum Gasteiger partial charge on any atom is -0.490 e. The highest BCUT2D eigenvalue weighted by atomic mass is 127. The Kier molecular flexibility index (Phi) is 9.14. The minimum atomic E-state index is -1.57.